The first-order valence-electron chi connectivity index (χ1n) is 7.29. The zero-order valence-corrected chi connectivity index (χ0v) is 12.2. The van der Waals surface area contributed by atoms with Gasteiger partial charge in [-0.3, -0.25) is 9.78 Å². The summed E-state index contributed by atoms with van der Waals surface area (Å²) in [6.07, 6.45) is 3.04. The van der Waals surface area contributed by atoms with Gasteiger partial charge in [-0.15, -0.1) is 0 Å². The number of pyridine rings is 1. The molecule has 0 fully saturated rings. The average molecular weight is 281 g/mol. The Morgan fingerprint density at radius 2 is 2.14 bits per heavy atom. The van der Waals surface area contributed by atoms with Crippen molar-refractivity contribution >= 4 is 17.3 Å². The zero-order valence-electron chi connectivity index (χ0n) is 12.2. The smallest absolute Gasteiger partial charge is 0.233 e. The van der Waals surface area contributed by atoms with E-state index in [9.17, 15) is 4.79 Å². The molecule has 3 rings (SSSR count). The van der Waals surface area contributed by atoms with Gasteiger partial charge in [-0.25, -0.2) is 0 Å². The van der Waals surface area contributed by atoms with E-state index in [1.54, 1.807) is 6.20 Å². The van der Waals surface area contributed by atoms with Gasteiger partial charge in [-0.2, -0.15) is 0 Å². The summed E-state index contributed by atoms with van der Waals surface area (Å²) in [5.74, 6) is 0.105. The molecule has 1 aromatic heterocycles. The molecule has 0 saturated heterocycles. The number of nitrogens with zero attached hydrogens (tertiary/aromatic N) is 2. The Kier molecular flexibility index (Phi) is 3.86. The van der Waals surface area contributed by atoms with Gasteiger partial charge in [0, 0.05) is 19.3 Å². The number of anilines is 2. The van der Waals surface area contributed by atoms with E-state index in [0.717, 1.165) is 42.1 Å². The summed E-state index contributed by atoms with van der Waals surface area (Å²) in [7, 11) is 0. The molecule has 0 saturated carbocycles. The minimum absolute atomic E-state index is 0.105. The molecule has 0 bridgehead atoms. The highest BCUT2D eigenvalue weighted by Gasteiger charge is 2.21. The molecule has 0 aliphatic carbocycles. The van der Waals surface area contributed by atoms with Gasteiger partial charge in [0.15, 0.2) is 0 Å². The van der Waals surface area contributed by atoms with Crippen molar-refractivity contribution in [1.29, 1.82) is 0 Å². The van der Waals surface area contributed by atoms with Gasteiger partial charge in [0.25, 0.3) is 0 Å². The molecule has 21 heavy (non-hydrogen) atoms. The van der Waals surface area contributed by atoms with E-state index in [0.29, 0.717) is 6.42 Å². The number of hydrogen-bond donors (Lipinski definition) is 1. The van der Waals surface area contributed by atoms with Crippen molar-refractivity contribution < 1.29 is 4.79 Å². The maximum absolute atomic E-state index is 12.7. The van der Waals surface area contributed by atoms with Crippen LogP contribution >= 0.6 is 0 Å². The lowest BCUT2D eigenvalue weighted by atomic mass is 10.1. The molecule has 1 aliphatic rings. The van der Waals surface area contributed by atoms with E-state index in [2.05, 4.69) is 10.3 Å². The van der Waals surface area contributed by atoms with Crippen molar-refractivity contribution in [3.8, 4) is 0 Å². The number of hydrogen-bond acceptors (Lipinski definition) is 3. The number of carbonyl (C=O) groups excluding carboxylic acids is 1. The van der Waals surface area contributed by atoms with Crippen molar-refractivity contribution in [3.63, 3.8) is 0 Å². The minimum atomic E-state index is 0.105. The summed E-state index contributed by atoms with van der Waals surface area (Å²) in [4.78, 5) is 18.9. The molecule has 1 aliphatic heterocycles. The maximum atomic E-state index is 12.7. The van der Waals surface area contributed by atoms with E-state index in [1.165, 1.54) is 0 Å². The van der Waals surface area contributed by atoms with E-state index < -0.39 is 0 Å². The molecule has 2 aromatic rings. The number of benzene rings is 1. The maximum Gasteiger partial charge on any atom is 0.233 e. The third-order valence-electron chi connectivity index (χ3n) is 3.81. The first-order chi connectivity index (χ1) is 10.3. The fraction of sp³-hybridized carbons (Fsp3) is 0.294. The Balaban J connectivity index is 1.86. The number of fused-ring (bicyclic) bond motifs is 1. The summed E-state index contributed by atoms with van der Waals surface area (Å²) in [5.41, 5.74) is 3.92. The third-order valence-corrected chi connectivity index (χ3v) is 3.81. The lowest BCUT2D eigenvalue weighted by Crippen LogP contribution is -2.33. The Bertz CT molecular complexity index is 654. The largest absolute Gasteiger partial charge is 0.383 e. The van der Waals surface area contributed by atoms with Gasteiger partial charge in [0.1, 0.15) is 0 Å². The highest BCUT2D eigenvalue weighted by atomic mass is 16.2. The van der Waals surface area contributed by atoms with E-state index in [1.807, 2.05) is 48.2 Å². The fourth-order valence-electron chi connectivity index (χ4n) is 2.64. The normalized spacial score (nSPS) is 14.0. The first-order valence-corrected chi connectivity index (χ1v) is 7.29. The molecule has 0 atom stereocenters. The fourth-order valence-corrected chi connectivity index (χ4v) is 2.64. The quantitative estimate of drug-likeness (QED) is 0.920. The number of rotatable bonds is 2. The van der Waals surface area contributed by atoms with Crippen molar-refractivity contribution in [2.45, 2.75) is 19.8 Å². The molecule has 4 nitrogen and oxygen atoms in total. The van der Waals surface area contributed by atoms with Crippen molar-refractivity contribution in [1.82, 2.24) is 4.98 Å². The van der Waals surface area contributed by atoms with Crippen molar-refractivity contribution in [2.24, 2.45) is 0 Å². The highest BCUT2D eigenvalue weighted by molar-refractivity contribution is 5.98. The van der Waals surface area contributed by atoms with Gasteiger partial charge in [0.2, 0.25) is 5.91 Å². The van der Waals surface area contributed by atoms with Crippen molar-refractivity contribution in [3.05, 3.63) is 53.9 Å². The molecule has 1 amide bonds. The number of para-hydroxylation sites is 2. The van der Waals surface area contributed by atoms with Crippen LogP contribution in [-0.2, 0) is 11.2 Å². The molecule has 0 unspecified atom stereocenters. The number of amides is 1. The summed E-state index contributed by atoms with van der Waals surface area (Å²) >= 11 is 0. The number of nitrogens with one attached hydrogen (secondary N) is 1. The Morgan fingerprint density at radius 3 is 3.00 bits per heavy atom. The molecule has 4 heteroatoms. The minimum Gasteiger partial charge on any atom is -0.383 e. The first kappa shape index (κ1) is 13.6. The lowest BCUT2D eigenvalue weighted by molar-refractivity contribution is -0.118. The number of aryl methyl sites for hydroxylation is 1. The molecule has 1 aromatic carbocycles. The zero-order chi connectivity index (χ0) is 14.7. The van der Waals surface area contributed by atoms with E-state index in [4.69, 9.17) is 0 Å². The van der Waals surface area contributed by atoms with Crippen molar-refractivity contribution in [2.75, 3.05) is 23.3 Å². The summed E-state index contributed by atoms with van der Waals surface area (Å²) in [5, 5.41) is 3.38. The average Bonchev–Trinajstić information content (AvgIpc) is 2.72. The monoisotopic (exact) mass is 281 g/mol. The topological polar surface area (TPSA) is 45.2 Å². The van der Waals surface area contributed by atoms with Gasteiger partial charge >= 0.3 is 0 Å². The van der Waals surface area contributed by atoms with Crippen LogP contribution in [0.3, 0.4) is 0 Å². The molecule has 2 heterocycles. The predicted octanol–water partition coefficient (Wildman–Crippen LogP) is 2.78. The number of aromatic nitrogens is 1. The second kappa shape index (κ2) is 5.95. The Hall–Kier alpha value is -2.36. The summed E-state index contributed by atoms with van der Waals surface area (Å²) in [6, 6.07) is 11.9. The van der Waals surface area contributed by atoms with Gasteiger partial charge in [0.05, 0.1) is 23.5 Å². The second-order valence-electron chi connectivity index (χ2n) is 5.29. The van der Waals surface area contributed by atoms with Crippen LogP contribution in [0.1, 0.15) is 17.7 Å². The van der Waals surface area contributed by atoms with Gasteiger partial charge in [-0.1, -0.05) is 18.2 Å². The SMILES string of the molecule is Cc1cccnc1CC(=O)N1CCCNc2ccccc21. The molecular formula is C17H19N3O. The van der Waals surface area contributed by atoms with Crippen LogP contribution in [0, 0.1) is 6.92 Å². The molecular weight excluding hydrogens is 262 g/mol. The standard InChI is InChI=1S/C17H19N3O/c1-13-6-4-9-19-15(13)12-17(21)20-11-5-10-18-14-7-2-3-8-16(14)20/h2-4,6-9,18H,5,10-12H2,1H3. The Labute approximate surface area is 124 Å². The van der Waals surface area contributed by atoms with Gasteiger partial charge in [-0.05, 0) is 37.1 Å². The van der Waals surface area contributed by atoms with Crippen LogP contribution < -0.4 is 10.2 Å². The molecule has 0 spiro atoms. The molecule has 1 N–H and O–H groups in total. The van der Waals surface area contributed by atoms with Crippen LogP contribution in [-0.4, -0.2) is 24.0 Å². The molecule has 0 radical (unpaired) electrons. The second-order valence-corrected chi connectivity index (χ2v) is 5.29. The van der Waals surface area contributed by atoms with E-state index >= 15 is 0 Å². The summed E-state index contributed by atoms with van der Waals surface area (Å²) < 4.78 is 0. The van der Waals surface area contributed by atoms with E-state index in [-0.39, 0.29) is 5.91 Å². The lowest BCUT2D eigenvalue weighted by Gasteiger charge is -2.22. The van der Waals surface area contributed by atoms with Crippen LogP contribution in [0.25, 0.3) is 0 Å². The third kappa shape index (κ3) is 2.89. The summed E-state index contributed by atoms with van der Waals surface area (Å²) in [6.45, 7) is 3.63. The van der Waals surface area contributed by atoms with Gasteiger partial charge < -0.3 is 10.2 Å². The van der Waals surface area contributed by atoms with Crippen LogP contribution in [0.4, 0.5) is 11.4 Å². The Morgan fingerprint density at radius 1 is 1.29 bits per heavy atom. The molecule has 108 valence electrons. The van der Waals surface area contributed by atoms with Crippen LogP contribution in [0.5, 0.6) is 0 Å². The highest BCUT2D eigenvalue weighted by Crippen LogP contribution is 2.28. The number of carbonyl (C=O) groups is 1. The van der Waals surface area contributed by atoms with Crippen LogP contribution in [0.2, 0.25) is 0 Å². The predicted molar refractivity (Wildman–Crippen MR) is 84.6 cm³/mol. The van der Waals surface area contributed by atoms with Crippen LogP contribution in [0.15, 0.2) is 42.6 Å².